The first-order chi connectivity index (χ1) is 10.6. The first-order valence-electron chi connectivity index (χ1n) is 7.13. The van der Waals surface area contributed by atoms with Gasteiger partial charge in [-0.25, -0.2) is 4.98 Å². The van der Waals surface area contributed by atoms with Crippen molar-refractivity contribution in [1.82, 2.24) is 15.3 Å². The van der Waals surface area contributed by atoms with Crippen LogP contribution in [0.15, 0.2) is 30.5 Å². The number of aliphatic hydroxyl groups is 2. The molecule has 0 saturated carbocycles. The number of hydrogen-bond donors (Lipinski definition) is 3. The average Bonchev–Trinajstić information content (AvgIpc) is 2.55. The molecule has 0 aliphatic carbocycles. The van der Waals surface area contributed by atoms with E-state index in [9.17, 15) is 15.0 Å². The number of nitrogens with zero attached hydrogens (tertiary/aromatic N) is 2. The second-order valence-electron chi connectivity index (χ2n) is 5.21. The quantitative estimate of drug-likeness (QED) is 0.729. The van der Waals surface area contributed by atoms with Crippen LogP contribution in [0.25, 0.3) is 11.0 Å². The summed E-state index contributed by atoms with van der Waals surface area (Å²) in [6, 6.07) is 7.28. The first-order valence-corrected chi connectivity index (χ1v) is 7.13. The number of aliphatic hydroxyl groups excluding tert-OH is 2. The predicted molar refractivity (Wildman–Crippen MR) is 78.2 cm³/mol. The molecule has 3 rings (SSSR count). The van der Waals surface area contributed by atoms with Crippen molar-refractivity contribution >= 4 is 16.9 Å². The van der Waals surface area contributed by atoms with Gasteiger partial charge in [0.2, 0.25) is 0 Å². The van der Waals surface area contributed by atoms with Gasteiger partial charge in [-0.3, -0.25) is 9.78 Å². The van der Waals surface area contributed by atoms with E-state index in [1.54, 1.807) is 6.07 Å². The summed E-state index contributed by atoms with van der Waals surface area (Å²) in [5.41, 5.74) is 1.55. The van der Waals surface area contributed by atoms with E-state index in [-0.39, 0.29) is 12.2 Å². The molecule has 1 aliphatic rings. The molecule has 7 heteroatoms. The number of aromatic nitrogens is 2. The van der Waals surface area contributed by atoms with Crippen molar-refractivity contribution < 1.29 is 19.7 Å². The van der Waals surface area contributed by atoms with Gasteiger partial charge in [0.05, 0.1) is 23.3 Å². The van der Waals surface area contributed by atoms with Gasteiger partial charge in [-0.1, -0.05) is 12.1 Å². The summed E-state index contributed by atoms with van der Waals surface area (Å²) in [5, 5.41) is 22.0. The normalized spacial score (nSPS) is 25.1. The van der Waals surface area contributed by atoms with Crippen LogP contribution in [0.3, 0.4) is 0 Å². The summed E-state index contributed by atoms with van der Waals surface area (Å²) >= 11 is 0. The third-order valence-corrected chi connectivity index (χ3v) is 3.67. The molecule has 1 fully saturated rings. The summed E-state index contributed by atoms with van der Waals surface area (Å²) in [6.07, 6.45) is -0.652. The summed E-state index contributed by atoms with van der Waals surface area (Å²) in [4.78, 5) is 20.5. The zero-order chi connectivity index (χ0) is 15.5. The molecule has 2 aromatic rings. The van der Waals surface area contributed by atoms with Gasteiger partial charge in [-0.05, 0) is 18.6 Å². The topological polar surface area (TPSA) is 105 Å². The smallest absolute Gasteiger partial charge is 0.271 e. The molecular weight excluding hydrogens is 286 g/mol. The second kappa shape index (κ2) is 6.35. The largest absolute Gasteiger partial charge is 0.390 e. The summed E-state index contributed by atoms with van der Waals surface area (Å²) in [7, 11) is 0. The van der Waals surface area contributed by atoms with Crippen molar-refractivity contribution in [3.63, 3.8) is 0 Å². The highest BCUT2D eigenvalue weighted by Crippen LogP contribution is 2.14. The minimum absolute atomic E-state index is 0.103. The molecule has 3 N–H and O–H groups in total. The maximum Gasteiger partial charge on any atom is 0.271 e. The zero-order valence-electron chi connectivity index (χ0n) is 11.8. The Bertz CT molecular complexity index is 679. The molecule has 22 heavy (non-hydrogen) atoms. The van der Waals surface area contributed by atoms with Crippen LogP contribution < -0.4 is 5.32 Å². The number of hydrogen-bond acceptors (Lipinski definition) is 6. The van der Waals surface area contributed by atoms with Crippen molar-refractivity contribution in [1.29, 1.82) is 0 Å². The summed E-state index contributed by atoms with van der Waals surface area (Å²) in [5.74, 6) is -0.394. The zero-order valence-corrected chi connectivity index (χ0v) is 11.8. The number of carbonyl (C=O) groups is 1. The number of rotatable bonds is 3. The van der Waals surface area contributed by atoms with Crippen LogP contribution in [0.4, 0.5) is 0 Å². The summed E-state index contributed by atoms with van der Waals surface area (Å²) in [6.45, 7) is 0.458. The third kappa shape index (κ3) is 3.06. The van der Waals surface area contributed by atoms with E-state index in [2.05, 4.69) is 15.3 Å². The van der Waals surface area contributed by atoms with Crippen LogP contribution in [0.5, 0.6) is 0 Å². The Balaban J connectivity index is 1.65. The van der Waals surface area contributed by atoms with Crippen molar-refractivity contribution in [2.24, 2.45) is 0 Å². The fourth-order valence-electron chi connectivity index (χ4n) is 2.39. The lowest BCUT2D eigenvalue weighted by Crippen LogP contribution is -2.50. The van der Waals surface area contributed by atoms with Gasteiger partial charge < -0.3 is 20.3 Å². The molecule has 3 atom stereocenters. The molecule has 1 saturated heterocycles. The van der Waals surface area contributed by atoms with E-state index in [1.807, 2.05) is 18.2 Å². The molecule has 3 unspecified atom stereocenters. The number of carbonyl (C=O) groups excluding carboxylic acids is 1. The summed E-state index contributed by atoms with van der Waals surface area (Å²) < 4.78 is 5.36. The van der Waals surface area contributed by atoms with Crippen molar-refractivity contribution in [2.75, 3.05) is 13.2 Å². The Labute approximate surface area is 127 Å². The predicted octanol–water partition coefficient (Wildman–Crippen LogP) is -0.130. The number of para-hydroxylation sites is 2. The van der Waals surface area contributed by atoms with Crippen LogP contribution in [0, 0.1) is 0 Å². The van der Waals surface area contributed by atoms with Crippen molar-refractivity contribution in [3.05, 3.63) is 36.2 Å². The number of amides is 1. The van der Waals surface area contributed by atoms with Crippen LogP contribution in [-0.2, 0) is 4.74 Å². The van der Waals surface area contributed by atoms with Gasteiger partial charge >= 0.3 is 0 Å². The average molecular weight is 303 g/mol. The number of ether oxygens (including phenoxy) is 1. The Morgan fingerprint density at radius 3 is 2.91 bits per heavy atom. The highest BCUT2D eigenvalue weighted by Gasteiger charge is 2.31. The number of fused-ring (bicyclic) bond motifs is 1. The number of benzene rings is 1. The minimum Gasteiger partial charge on any atom is -0.390 e. The first kappa shape index (κ1) is 14.8. The van der Waals surface area contributed by atoms with Crippen LogP contribution >= 0.6 is 0 Å². The Kier molecular flexibility index (Phi) is 4.28. The Morgan fingerprint density at radius 2 is 2.09 bits per heavy atom. The van der Waals surface area contributed by atoms with E-state index in [0.717, 1.165) is 0 Å². The second-order valence-corrected chi connectivity index (χ2v) is 5.21. The molecule has 0 bridgehead atoms. The van der Waals surface area contributed by atoms with E-state index in [1.165, 1.54) is 6.20 Å². The highest BCUT2D eigenvalue weighted by molar-refractivity contribution is 5.93. The molecule has 7 nitrogen and oxygen atoms in total. The van der Waals surface area contributed by atoms with E-state index in [0.29, 0.717) is 24.1 Å². The standard InChI is InChI=1S/C15H17N3O4/c19-12-5-6-22-13(14(12)20)8-17-15(21)11-7-16-9-3-1-2-4-10(9)18-11/h1-4,7,12-14,19-20H,5-6,8H2,(H,17,21). The van der Waals surface area contributed by atoms with Crippen molar-refractivity contribution in [3.8, 4) is 0 Å². The van der Waals surface area contributed by atoms with Gasteiger partial charge in [0.1, 0.15) is 17.9 Å². The maximum atomic E-state index is 12.1. The molecule has 0 radical (unpaired) electrons. The van der Waals surface area contributed by atoms with E-state index in [4.69, 9.17) is 4.74 Å². The molecule has 1 aromatic heterocycles. The monoisotopic (exact) mass is 303 g/mol. The van der Waals surface area contributed by atoms with Crippen LogP contribution in [-0.4, -0.2) is 57.6 Å². The van der Waals surface area contributed by atoms with E-state index >= 15 is 0 Å². The molecule has 2 heterocycles. The van der Waals surface area contributed by atoms with Gasteiger partial charge in [0.25, 0.3) is 5.91 Å². The fraction of sp³-hybridized carbons (Fsp3) is 0.400. The van der Waals surface area contributed by atoms with Gasteiger partial charge in [-0.2, -0.15) is 0 Å². The molecule has 0 spiro atoms. The van der Waals surface area contributed by atoms with Crippen molar-refractivity contribution in [2.45, 2.75) is 24.7 Å². The van der Waals surface area contributed by atoms with Crippen LogP contribution in [0.2, 0.25) is 0 Å². The van der Waals surface area contributed by atoms with E-state index < -0.39 is 24.2 Å². The Hall–Kier alpha value is -2.09. The number of nitrogens with one attached hydrogen (secondary N) is 1. The van der Waals surface area contributed by atoms with Gasteiger partial charge in [0, 0.05) is 13.2 Å². The molecule has 1 amide bonds. The lowest BCUT2D eigenvalue weighted by atomic mass is 10.0. The molecule has 1 aromatic carbocycles. The maximum absolute atomic E-state index is 12.1. The van der Waals surface area contributed by atoms with Gasteiger partial charge in [-0.15, -0.1) is 0 Å². The SMILES string of the molecule is O=C(NCC1OCCC(O)C1O)c1cnc2ccccc2n1. The molecule has 116 valence electrons. The van der Waals surface area contributed by atoms with Gasteiger partial charge in [0.15, 0.2) is 0 Å². The Morgan fingerprint density at radius 1 is 1.32 bits per heavy atom. The minimum atomic E-state index is -1.00. The molecule has 1 aliphatic heterocycles. The molecular formula is C15H17N3O4. The third-order valence-electron chi connectivity index (χ3n) is 3.67. The van der Waals surface area contributed by atoms with Crippen LogP contribution in [0.1, 0.15) is 16.9 Å². The lowest BCUT2D eigenvalue weighted by Gasteiger charge is -2.31. The fourth-order valence-corrected chi connectivity index (χ4v) is 2.39. The highest BCUT2D eigenvalue weighted by atomic mass is 16.5. The lowest BCUT2D eigenvalue weighted by molar-refractivity contribution is -0.132.